The monoisotopic (exact) mass is 263 g/mol. The van der Waals surface area contributed by atoms with Gasteiger partial charge in [0.2, 0.25) is 0 Å². The summed E-state index contributed by atoms with van der Waals surface area (Å²) in [5.41, 5.74) is 0.225. The van der Waals surface area contributed by atoms with Crippen LogP contribution in [0.4, 0.5) is 0 Å². The lowest BCUT2D eigenvalue weighted by molar-refractivity contribution is -0.114. The highest BCUT2D eigenvalue weighted by Crippen LogP contribution is 2.42. The first-order valence-corrected chi connectivity index (χ1v) is 7.17. The van der Waals surface area contributed by atoms with Gasteiger partial charge in [-0.3, -0.25) is 0 Å². The van der Waals surface area contributed by atoms with E-state index in [2.05, 4.69) is 26.1 Å². The molecule has 19 heavy (non-hydrogen) atoms. The minimum atomic E-state index is 0.225. The summed E-state index contributed by atoms with van der Waals surface area (Å²) < 4.78 is 11.4. The van der Waals surface area contributed by atoms with E-state index in [4.69, 9.17) is 9.47 Å². The van der Waals surface area contributed by atoms with E-state index in [1.807, 2.05) is 30.3 Å². The van der Waals surface area contributed by atoms with E-state index in [1.165, 1.54) is 0 Å². The fourth-order valence-electron chi connectivity index (χ4n) is 2.63. The van der Waals surface area contributed by atoms with Gasteiger partial charge in [-0.15, -0.1) is 0 Å². The lowest BCUT2D eigenvalue weighted by Gasteiger charge is -2.51. The Bertz CT molecular complexity index is 378. The lowest BCUT2D eigenvalue weighted by Crippen LogP contribution is -2.61. The molecule has 106 valence electrons. The third kappa shape index (κ3) is 3.48. The predicted octanol–water partition coefficient (Wildman–Crippen LogP) is 2.86. The van der Waals surface area contributed by atoms with Crippen LogP contribution in [-0.4, -0.2) is 31.9 Å². The zero-order valence-corrected chi connectivity index (χ0v) is 12.2. The third-order valence-electron chi connectivity index (χ3n) is 4.05. The van der Waals surface area contributed by atoms with Gasteiger partial charge in [-0.1, -0.05) is 32.0 Å². The van der Waals surface area contributed by atoms with E-state index >= 15 is 0 Å². The molecule has 1 aromatic rings. The normalized spacial score (nSPS) is 24.8. The van der Waals surface area contributed by atoms with Crippen molar-refractivity contribution in [1.82, 2.24) is 5.32 Å². The highest BCUT2D eigenvalue weighted by Gasteiger charge is 2.48. The Morgan fingerprint density at radius 1 is 1.26 bits per heavy atom. The highest BCUT2D eigenvalue weighted by molar-refractivity contribution is 5.20. The van der Waals surface area contributed by atoms with Crippen LogP contribution < -0.4 is 10.1 Å². The van der Waals surface area contributed by atoms with Gasteiger partial charge in [-0.2, -0.15) is 0 Å². The lowest BCUT2D eigenvalue weighted by atomic mass is 9.64. The molecule has 0 amide bonds. The molecule has 0 radical (unpaired) electrons. The molecule has 1 aliphatic carbocycles. The topological polar surface area (TPSA) is 30.5 Å². The molecule has 0 saturated heterocycles. The molecule has 1 N–H and O–H groups in total. The maximum absolute atomic E-state index is 5.73. The van der Waals surface area contributed by atoms with Crippen LogP contribution in [0.3, 0.4) is 0 Å². The molecule has 0 heterocycles. The number of hydrogen-bond acceptors (Lipinski definition) is 3. The number of para-hydroxylation sites is 1. The average molecular weight is 263 g/mol. The highest BCUT2D eigenvalue weighted by atomic mass is 16.5. The van der Waals surface area contributed by atoms with Crippen molar-refractivity contribution in [2.45, 2.75) is 39.3 Å². The summed E-state index contributed by atoms with van der Waals surface area (Å²) in [6.45, 7) is 8.99. The van der Waals surface area contributed by atoms with E-state index in [9.17, 15) is 0 Å². The summed E-state index contributed by atoms with van der Waals surface area (Å²) in [5.74, 6) is 0.935. The Labute approximate surface area is 116 Å². The molecule has 2 atom stereocenters. The van der Waals surface area contributed by atoms with E-state index in [1.54, 1.807) is 0 Å². The van der Waals surface area contributed by atoms with Crippen LogP contribution in [0.25, 0.3) is 0 Å². The van der Waals surface area contributed by atoms with Crippen molar-refractivity contribution in [3.8, 4) is 5.75 Å². The quantitative estimate of drug-likeness (QED) is 0.767. The van der Waals surface area contributed by atoms with Crippen LogP contribution in [0.15, 0.2) is 30.3 Å². The van der Waals surface area contributed by atoms with Gasteiger partial charge in [0.05, 0.1) is 6.10 Å². The molecule has 2 rings (SSSR count). The zero-order valence-electron chi connectivity index (χ0n) is 12.2. The van der Waals surface area contributed by atoms with E-state index in [-0.39, 0.29) is 5.41 Å². The van der Waals surface area contributed by atoms with Crippen molar-refractivity contribution < 1.29 is 9.47 Å². The second kappa shape index (κ2) is 6.40. The summed E-state index contributed by atoms with van der Waals surface area (Å²) in [6.07, 6.45) is 1.50. The van der Waals surface area contributed by atoms with E-state index < -0.39 is 0 Å². The summed E-state index contributed by atoms with van der Waals surface area (Å²) in [4.78, 5) is 0. The molecule has 1 aromatic carbocycles. The summed E-state index contributed by atoms with van der Waals surface area (Å²) in [5, 5.41) is 3.56. The third-order valence-corrected chi connectivity index (χ3v) is 4.05. The molecule has 3 nitrogen and oxygen atoms in total. The van der Waals surface area contributed by atoms with Gasteiger partial charge in [0.25, 0.3) is 0 Å². The predicted molar refractivity (Wildman–Crippen MR) is 77.5 cm³/mol. The number of ether oxygens (including phenoxy) is 2. The van der Waals surface area contributed by atoms with E-state index in [0.717, 1.165) is 25.3 Å². The maximum atomic E-state index is 5.73. The van der Waals surface area contributed by atoms with Crippen LogP contribution in [0, 0.1) is 5.41 Å². The van der Waals surface area contributed by atoms with Crippen molar-refractivity contribution in [3.05, 3.63) is 30.3 Å². The molecule has 1 saturated carbocycles. The smallest absolute Gasteiger partial charge is 0.119 e. The van der Waals surface area contributed by atoms with Crippen LogP contribution in [0.5, 0.6) is 5.75 Å². The van der Waals surface area contributed by atoms with E-state index in [0.29, 0.717) is 18.8 Å². The SMILES string of the molecule is CCOC1CC(NCCOc2ccccc2)C1(C)C. The Balaban J connectivity index is 1.65. The van der Waals surface area contributed by atoms with Crippen molar-refractivity contribution in [2.75, 3.05) is 19.8 Å². The maximum Gasteiger partial charge on any atom is 0.119 e. The van der Waals surface area contributed by atoms with Gasteiger partial charge in [0.15, 0.2) is 0 Å². The average Bonchev–Trinajstić information content (AvgIpc) is 2.42. The van der Waals surface area contributed by atoms with Crippen molar-refractivity contribution in [3.63, 3.8) is 0 Å². The summed E-state index contributed by atoms with van der Waals surface area (Å²) in [7, 11) is 0. The fraction of sp³-hybridized carbons (Fsp3) is 0.625. The number of benzene rings is 1. The summed E-state index contributed by atoms with van der Waals surface area (Å²) >= 11 is 0. The Morgan fingerprint density at radius 3 is 2.63 bits per heavy atom. The zero-order chi connectivity index (χ0) is 13.7. The Hall–Kier alpha value is -1.06. The molecule has 0 bridgehead atoms. The second-order valence-corrected chi connectivity index (χ2v) is 5.67. The van der Waals surface area contributed by atoms with Gasteiger partial charge < -0.3 is 14.8 Å². The molecule has 1 aliphatic rings. The molecule has 1 fully saturated rings. The van der Waals surface area contributed by atoms with Crippen LogP contribution in [-0.2, 0) is 4.74 Å². The molecule has 0 spiro atoms. The van der Waals surface area contributed by atoms with Crippen LogP contribution in [0.1, 0.15) is 27.2 Å². The van der Waals surface area contributed by atoms with Gasteiger partial charge in [-0.25, -0.2) is 0 Å². The fourth-order valence-corrected chi connectivity index (χ4v) is 2.63. The first kappa shape index (κ1) is 14.4. The Kier molecular flexibility index (Phi) is 4.83. The molecule has 2 unspecified atom stereocenters. The first-order chi connectivity index (χ1) is 9.14. The molecular formula is C16H25NO2. The number of rotatable bonds is 7. The van der Waals surface area contributed by atoms with Crippen LogP contribution in [0.2, 0.25) is 0 Å². The molecular weight excluding hydrogens is 238 g/mol. The van der Waals surface area contributed by atoms with Gasteiger partial charge in [0, 0.05) is 24.6 Å². The van der Waals surface area contributed by atoms with Crippen molar-refractivity contribution in [1.29, 1.82) is 0 Å². The minimum absolute atomic E-state index is 0.225. The standard InChI is InChI=1S/C16H25NO2/c1-4-18-15-12-14(16(15,2)3)17-10-11-19-13-8-6-5-7-9-13/h5-9,14-15,17H,4,10-12H2,1-3H3. The molecule has 0 aliphatic heterocycles. The Morgan fingerprint density at radius 2 is 2.00 bits per heavy atom. The van der Waals surface area contributed by atoms with Gasteiger partial charge >= 0.3 is 0 Å². The molecule has 3 heteroatoms. The second-order valence-electron chi connectivity index (χ2n) is 5.67. The van der Waals surface area contributed by atoms with Gasteiger partial charge in [-0.05, 0) is 25.5 Å². The van der Waals surface area contributed by atoms with Crippen molar-refractivity contribution in [2.24, 2.45) is 5.41 Å². The van der Waals surface area contributed by atoms with Crippen molar-refractivity contribution >= 4 is 0 Å². The van der Waals surface area contributed by atoms with Crippen LogP contribution >= 0.6 is 0 Å². The first-order valence-electron chi connectivity index (χ1n) is 7.17. The summed E-state index contributed by atoms with van der Waals surface area (Å²) in [6, 6.07) is 10.5. The van der Waals surface area contributed by atoms with Gasteiger partial charge in [0.1, 0.15) is 12.4 Å². The number of nitrogens with one attached hydrogen (secondary N) is 1. The number of hydrogen-bond donors (Lipinski definition) is 1. The minimum Gasteiger partial charge on any atom is -0.492 e. The largest absolute Gasteiger partial charge is 0.492 e. The molecule has 0 aromatic heterocycles.